The molecule has 8 heteroatoms. The summed E-state index contributed by atoms with van der Waals surface area (Å²) in [6.45, 7) is 2.48. The van der Waals surface area contributed by atoms with Gasteiger partial charge in [-0.15, -0.1) is 0 Å². The molecule has 0 unspecified atom stereocenters. The van der Waals surface area contributed by atoms with E-state index in [4.69, 9.17) is 19.9 Å². The number of methoxy groups -OCH3 is 1. The number of fused-ring (bicyclic) bond motifs is 1. The molecular formula is C16H21N3O5. The van der Waals surface area contributed by atoms with Crippen LogP contribution in [-0.2, 0) is 4.74 Å². The van der Waals surface area contributed by atoms with Gasteiger partial charge in [0.25, 0.3) is 5.91 Å². The van der Waals surface area contributed by atoms with Crippen molar-refractivity contribution >= 4 is 12.0 Å². The van der Waals surface area contributed by atoms with Crippen molar-refractivity contribution in [2.24, 2.45) is 5.73 Å². The molecule has 2 aliphatic rings. The average molecular weight is 335 g/mol. The van der Waals surface area contributed by atoms with Gasteiger partial charge in [-0.2, -0.15) is 0 Å². The molecule has 2 heterocycles. The lowest BCUT2D eigenvalue weighted by Crippen LogP contribution is -2.53. The Bertz CT molecular complexity index is 636. The summed E-state index contributed by atoms with van der Waals surface area (Å²) in [4.78, 5) is 27.7. The Morgan fingerprint density at radius 3 is 2.96 bits per heavy atom. The fourth-order valence-electron chi connectivity index (χ4n) is 2.95. The van der Waals surface area contributed by atoms with Gasteiger partial charge >= 0.3 is 6.09 Å². The monoisotopic (exact) mass is 335 g/mol. The van der Waals surface area contributed by atoms with E-state index in [-0.39, 0.29) is 18.0 Å². The lowest BCUT2D eigenvalue weighted by molar-refractivity contribution is 0.0616. The molecule has 2 amide bonds. The smallest absolute Gasteiger partial charge is 0.410 e. The minimum Gasteiger partial charge on any atom is -0.493 e. The molecule has 1 atom stereocenters. The molecule has 24 heavy (non-hydrogen) atoms. The quantitative estimate of drug-likeness (QED) is 0.832. The van der Waals surface area contributed by atoms with Crippen molar-refractivity contribution in [2.75, 3.05) is 46.5 Å². The van der Waals surface area contributed by atoms with Gasteiger partial charge in [-0.25, -0.2) is 4.79 Å². The zero-order chi connectivity index (χ0) is 17.1. The SMILES string of the molecule is COc1ccc(C(=O)N2CCN3C(=O)OC[C@@H]3C2)cc1OCCN. The molecule has 0 radical (unpaired) electrons. The molecule has 0 saturated carbocycles. The Labute approximate surface area is 140 Å². The van der Waals surface area contributed by atoms with Crippen LogP contribution in [0, 0.1) is 0 Å². The predicted molar refractivity (Wildman–Crippen MR) is 85.3 cm³/mol. The third kappa shape index (κ3) is 3.09. The highest BCUT2D eigenvalue weighted by Gasteiger charge is 2.38. The van der Waals surface area contributed by atoms with E-state index in [1.807, 2.05) is 0 Å². The van der Waals surface area contributed by atoms with Crippen LogP contribution in [0.25, 0.3) is 0 Å². The molecule has 2 N–H and O–H groups in total. The molecule has 0 spiro atoms. The second kappa shape index (κ2) is 6.96. The molecule has 2 saturated heterocycles. The molecule has 2 aliphatic heterocycles. The Morgan fingerprint density at radius 1 is 1.38 bits per heavy atom. The number of ether oxygens (including phenoxy) is 3. The molecule has 1 aromatic carbocycles. The summed E-state index contributed by atoms with van der Waals surface area (Å²) in [5.41, 5.74) is 5.97. The van der Waals surface area contributed by atoms with E-state index >= 15 is 0 Å². The number of rotatable bonds is 5. The molecule has 1 aromatic rings. The van der Waals surface area contributed by atoms with E-state index in [0.29, 0.717) is 56.5 Å². The van der Waals surface area contributed by atoms with Gasteiger partial charge in [0.05, 0.1) is 13.2 Å². The van der Waals surface area contributed by atoms with Gasteiger partial charge in [-0.3, -0.25) is 9.69 Å². The van der Waals surface area contributed by atoms with E-state index in [9.17, 15) is 9.59 Å². The van der Waals surface area contributed by atoms with Gasteiger partial charge in [-0.1, -0.05) is 0 Å². The van der Waals surface area contributed by atoms with Crippen LogP contribution in [0.5, 0.6) is 11.5 Å². The number of piperazine rings is 1. The average Bonchev–Trinajstić information content (AvgIpc) is 2.99. The molecule has 3 rings (SSSR count). The number of nitrogens with zero attached hydrogens (tertiary/aromatic N) is 2. The topological polar surface area (TPSA) is 94.3 Å². The van der Waals surface area contributed by atoms with Gasteiger partial charge in [0.15, 0.2) is 11.5 Å². The summed E-state index contributed by atoms with van der Waals surface area (Å²) in [5, 5.41) is 0. The van der Waals surface area contributed by atoms with Crippen LogP contribution in [-0.4, -0.2) is 74.3 Å². The molecule has 0 bridgehead atoms. The molecular weight excluding hydrogens is 314 g/mol. The molecule has 0 aromatic heterocycles. The molecule has 2 fully saturated rings. The van der Waals surface area contributed by atoms with Crippen molar-refractivity contribution in [3.05, 3.63) is 23.8 Å². The van der Waals surface area contributed by atoms with Crippen molar-refractivity contribution in [3.63, 3.8) is 0 Å². The minimum absolute atomic E-state index is 0.0681. The Hall–Kier alpha value is -2.48. The Kier molecular flexibility index (Phi) is 4.75. The number of cyclic esters (lactones) is 1. The normalized spacial score (nSPS) is 19.8. The Morgan fingerprint density at radius 2 is 2.21 bits per heavy atom. The lowest BCUT2D eigenvalue weighted by Gasteiger charge is -2.35. The van der Waals surface area contributed by atoms with Crippen LogP contribution in [0.2, 0.25) is 0 Å². The van der Waals surface area contributed by atoms with Crippen molar-refractivity contribution in [1.29, 1.82) is 0 Å². The maximum Gasteiger partial charge on any atom is 0.410 e. The first kappa shape index (κ1) is 16.4. The van der Waals surface area contributed by atoms with Crippen LogP contribution in [0.15, 0.2) is 18.2 Å². The largest absolute Gasteiger partial charge is 0.493 e. The predicted octanol–water partition coefficient (Wildman–Crippen LogP) is 0.309. The maximum absolute atomic E-state index is 12.8. The summed E-state index contributed by atoms with van der Waals surface area (Å²) in [6, 6.07) is 5.01. The van der Waals surface area contributed by atoms with Gasteiger partial charge in [0.2, 0.25) is 0 Å². The van der Waals surface area contributed by atoms with Crippen LogP contribution < -0.4 is 15.2 Å². The zero-order valence-corrected chi connectivity index (χ0v) is 13.6. The van der Waals surface area contributed by atoms with Gasteiger partial charge < -0.3 is 24.8 Å². The summed E-state index contributed by atoms with van der Waals surface area (Å²) < 4.78 is 15.8. The first-order chi connectivity index (χ1) is 11.6. The number of hydrogen-bond donors (Lipinski definition) is 1. The highest BCUT2D eigenvalue weighted by Crippen LogP contribution is 2.29. The maximum atomic E-state index is 12.8. The fourth-order valence-corrected chi connectivity index (χ4v) is 2.95. The van der Waals surface area contributed by atoms with Crippen molar-refractivity contribution < 1.29 is 23.8 Å². The first-order valence-corrected chi connectivity index (χ1v) is 7.87. The van der Waals surface area contributed by atoms with Gasteiger partial charge in [0, 0.05) is 31.7 Å². The van der Waals surface area contributed by atoms with Gasteiger partial charge in [0.1, 0.15) is 13.2 Å². The summed E-state index contributed by atoms with van der Waals surface area (Å²) in [7, 11) is 1.54. The van der Waals surface area contributed by atoms with Crippen LogP contribution in [0.1, 0.15) is 10.4 Å². The summed E-state index contributed by atoms with van der Waals surface area (Å²) >= 11 is 0. The highest BCUT2D eigenvalue weighted by atomic mass is 16.6. The summed E-state index contributed by atoms with van der Waals surface area (Å²) in [5.74, 6) is 0.945. The molecule has 0 aliphatic carbocycles. The number of amides is 2. The molecule has 8 nitrogen and oxygen atoms in total. The first-order valence-electron chi connectivity index (χ1n) is 7.87. The second-order valence-corrected chi connectivity index (χ2v) is 5.68. The minimum atomic E-state index is -0.297. The summed E-state index contributed by atoms with van der Waals surface area (Å²) in [6.07, 6.45) is -0.297. The van der Waals surface area contributed by atoms with E-state index < -0.39 is 0 Å². The zero-order valence-electron chi connectivity index (χ0n) is 13.6. The number of carbonyl (C=O) groups is 2. The lowest BCUT2D eigenvalue weighted by atomic mass is 10.1. The van der Waals surface area contributed by atoms with E-state index in [1.165, 1.54) is 0 Å². The van der Waals surface area contributed by atoms with Crippen molar-refractivity contribution in [2.45, 2.75) is 6.04 Å². The number of nitrogens with two attached hydrogens (primary N) is 1. The van der Waals surface area contributed by atoms with E-state index in [0.717, 1.165) is 0 Å². The third-order valence-corrected chi connectivity index (χ3v) is 4.19. The van der Waals surface area contributed by atoms with Crippen LogP contribution in [0.3, 0.4) is 0 Å². The van der Waals surface area contributed by atoms with Crippen molar-refractivity contribution in [3.8, 4) is 11.5 Å². The van der Waals surface area contributed by atoms with Gasteiger partial charge in [-0.05, 0) is 18.2 Å². The van der Waals surface area contributed by atoms with E-state index in [2.05, 4.69) is 0 Å². The number of benzene rings is 1. The standard InChI is InChI=1S/C16H21N3O5/c1-22-13-3-2-11(8-14(13)23-7-4-17)15(20)18-5-6-19-12(9-18)10-24-16(19)21/h2-3,8,12H,4-7,9-10,17H2,1H3/t12-/m0/s1. The number of carbonyl (C=O) groups excluding carboxylic acids is 2. The Balaban J connectivity index is 1.74. The van der Waals surface area contributed by atoms with Crippen LogP contribution >= 0.6 is 0 Å². The third-order valence-electron chi connectivity index (χ3n) is 4.19. The molecule has 130 valence electrons. The fraction of sp³-hybridized carbons (Fsp3) is 0.500. The second-order valence-electron chi connectivity index (χ2n) is 5.68. The van der Waals surface area contributed by atoms with Crippen molar-refractivity contribution in [1.82, 2.24) is 9.80 Å². The number of hydrogen-bond acceptors (Lipinski definition) is 6. The van der Waals surface area contributed by atoms with Crippen LogP contribution in [0.4, 0.5) is 4.79 Å². The highest BCUT2D eigenvalue weighted by molar-refractivity contribution is 5.95. The van der Waals surface area contributed by atoms with E-state index in [1.54, 1.807) is 35.1 Å².